The molecule has 14 heteroatoms. The summed E-state index contributed by atoms with van der Waals surface area (Å²) < 4.78 is 72.7. The summed E-state index contributed by atoms with van der Waals surface area (Å²) in [6.07, 6.45) is -5.44. The second-order valence-electron chi connectivity index (χ2n) is 7.92. The first-order valence-electron chi connectivity index (χ1n) is 9.99. The zero-order valence-corrected chi connectivity index (χ0v) is 18.1. The summed E-state index contributed by atoms with van der Waals surface area (Å²) in [5.74, 6) is -9.61. The van der Waals surface area contributed by atoms with Crippen LogP contribution in [0.5, 0.6) is 0 Å². The van der Waals surface area contributed by atoms with Gasteiger partial charge in [0.15, 0.2) is 0 Å². The molecule has 4 rings (SSSR count). The molecule has 1 saturated heterocycles. The molecule has 0 radical (unpaired) electrons. The van der Waals surface area contributed by atoms with Gasteiger partial charge in [-0.2, -0.15) is 13.2 Å². The summed E-state index contributed by atoms with van der Waals surface area (Å²) in [5.41, 5.74) is 2.02. The van der Waals surface area contributed by atoms with Gasteiger partial charge in [0.1, 0.15) is 23.6 Å². The lowest BCUT2D eigenvalue weighted by Gasteiger charge is -2.38. The van der Waals surface area contributed by atoms with Crippen molar-refractivity contribution < 1.29 is 41.1 Å². The number of hydrogen-bond acceptors (Lipinski definition) is 5. The lowest BCUT2D eigenvalue weighted by Crippen LogP contribution is -2.55. The van der Waals surface area contributed by atoms with E-state index in [1.807, 2.05) is 5.32 Å². The predicted octanol–water partition coefficient (Wildman–Crippen LogP) is 2.76. The van der Waals surface area contributed by atoms with Crippen molar-refractivity contribution in [2.75, 3.05) is 0 Å². The Kier molecular flexibility index (Phi) is 5.99. The van der Waals surface area contributed by atoms with Crippen LogP contribution < -0.4 is 11.1 Å². The molecule has 35 heavy (non-hydrogen) atoms. The van der Waals surface area contributed by atoms with Crippen LogP contribution in [0.15, 0.2) is 24.4 Å². The van der Waals surface area contributed by atoms with E-state index in [1.165, 1.54) is 0 Å². The first kappa shape index (κ1) is 24.5. The van der Waals surface area contributed by atoms with Crippen LogP contribution in [0.25, 0.3) is 0 Å². The fourth-order valence-electron chi connectivity index (χ4n) is 4.41. The van der Waals surface area contributed by atoms with Gasteiger partial charge >= 0.3 is 6.18 Å². The van der Waals surface area contributed by atoms with Crippen LogP contribution in [-0.2, 0) is 9.59 Å². The zero-order valence-electron chi connectivity index (χ0n) is 17.3. The van der Waals surface area contributed by atoms with Crippen LogP contribution in [0.3, 0.4) is 0 Å². The molecule has 3 N–H and O–H groups in total. The van der Waals surface area contributed by atoms with Crippen LogP contribution in [0.2, 0.25) is 5.02 Å². The maximum atomic E-state index is 15.5. The standard InChI is InChI=1S/C21H14ClF5N4O4/c22-10-5-7(23)6-29-16(10)14(21(25,26)27)17-13-8(1-2-9(15(13)24)18(28)33)20(35)31(17)11-3-4-12(32)30-19(11)34/h1-2,5-6,11,14,17H,3-4H2,(H2,28,33)(H,30,32,34)/t11?,14-,17?/m0/s1. The molecule has 1 aromatic carbocycles. The zero-order chi connectivity index (χ0) is 25.8. The number of carbonyl (C=O) groups is 4. The number of hydrogen-bond donors (Lipinski definition) is 2. The van der Waals surface area contributed by atoms with Crippen molar-refractivity contribution in [2.24, 2.45) is 5.73 Å². The Bertz CT molecular complexity index is 1290. The molecule has 184 valence electrons. The van der Waals surface area contributed by atoms with E-state index < -0.39 is 86.8 Å². The topological polar surface area (TPSA) is 122 Å². The van der Waals surface area contributed by atoms with E-state index in [9.17, 15) is 36.7 Å². The van der Waals surface area contributed by atoms with Gasteiger partial charge in [-0.05, 0) is 24.6 Å². The number of halogens is 6. The Hall–Kier alpha value is -3.61. The molecule has 3 heterocycles. The monoisotopic (exact) mass is 516 g/mol. The molecule has 2 aromatic rings. The molecule has 1 aromatic heterocycles. The van der Waals surface area contributed by atoms with Gasteiger partial charge in [0.2, 0.25) is 11.8 Å². The summed E-state index contributed by atoms with van der Waals surface area (Å²) in [4.78, 5) is 53.1. The normalized spacial score (nSPS) is 21.1. The van der Waals surface area contributed by atoms with Gasteiger partial charge in [-0.1, -0.05) is 11.6 Å². The number of nitrogens with zero attached hydrogens (tertiary/aromatic N) is 2. The van der Waals surface area contributed by atoms with Gasteiger partial charge in [-0.25, -0.2) is 8.78 Å². The van der Waals surface area contributed by atoms with E-state index in [0.717, 1.165) is 12.1 Å². The minimum absolute atomic E-state index is 0.301. The number of amides is 4. The Balaban J connectivity index is 2.01. The number of nitrogens with two attached hydrogens (primary N) is 1. The average Bonchev–Trinajstić information content (AvgIpc) is 3.02. The Morgan fingerprint density at radius 1 is 1.23 bits per heavy atom. The number of primary amides is 1. The number of nitrogens with one attached hydrogen (secondary N) is 1. The molecule has 2 unspecified atom stereocenters. The van der Waals surface area contributed by atoms with Gasteiger partial charge in [0.05, 0.1) is 28.5 Å². The van der Waals surface area contributed by atoms with Gasteiger partial charge in [0, 0.05) is 17.5 Å². The van der Waals surface area contributed by atoms with Gasteiger partial charge in [-0.15, -0.1) is 0 Å². The van der Waals surface area contributed by atoms with Gasteiger partial charge < -0.3 is 10.6 Å². The molecule has 3 atom stereocenters. The number of alkyl halides is 3. The van der Waals surface area contributed by atoms with Crippen molar-refractivity contribution in [1.29, 1.82) is 0 Å². The third-order valence-electron chi connectivity index (χ3n) is 5.85. The first-order chi connectivity index (χ1) is 16.3. The quantitative estimate of drug-likeness (QED) is 0.478. The fourth-order valence-corrected chi connectivity index (χ4v) is 4.68. The average molecular weight is 517 g/mol. The molecular weight excluding hydrogens is 503 g/mol. The fraction of sp³-hybridized carbons (Fsp3) is 0.286. The number of imide groups is 1. The van der Waals surface area contributed by atoms with Crippen molar-refractivity contribution >= 4 is 35.2 Å². The van der Waals surface area contributed by atoms with Gasteiger partial charge in [0.25, 0.3) is 11.8 Å². The van der Waals surface area contributed by atoms with E-state index in [1.54, 1.807) is 0 Å². The summed E-state index contributed by atoms with van der Waals surface area (Å²) >= 11 is 5.88. The summed E-state index contributed by atoms with van der Waals surface area (Å²) in [5, 5.41) is 1.18. The SMILES string of the molecule is NC(=O)c1ccc2c(c1F)C([C@H](c1ncc(F)cc1Cl)C(F)(F)F)N(C1CCC(=O)NC1=O)C2=O. The maximum Gasteiger partial charge on any atom is 0.399 e. The molecular formula is C21H14ClF5N4O4. The maximum absolute atomic E-state index is 15.5. The highest BCUT2D eigenvalue weighted by atomic mass is 35.5. The van der Waals surface area contributed by atoms with Crippen molar-refractivity contribution in [1.82, 2.24) is 15.2 Å². The predicted molar refractivity (Wildman–Crippen MR) is 108 cm³/mol. The number of rotatable bonds is 4. The molecule has 0 bridgehead atoms. The molecule has 1 fully saturated rings. The number of fused-ring (bicyclic) bond motifs is 1. The molecule has 2 aliphatic heterocycles. The van der Waals surface area contributed by atoms with Crippen molar-refractivity contribution in [2.45, 2.75) is 37.0 Å². The number of aromatic nitrogens is 1. The Morgan fingerprint density at radius 2 is 1.91 bits per heavy atom. The molecule has 0 aliphatic carbocycles. The molecule has 0 spiro atoms. The summed E-state index contributed by atoms with van der Waals surface area (Å²) in [6.45, 7) is 0. The van der Waals surface area contributed by atoms with Crippen LogP contribution in [-0.4, -0.2) is 45.7 Å². The van der Waals surface area contributed by atoms with E-state index in [-0.39, 0.29) is 12.8 Å². The van der Waals surface area contributed by atoms with Crippen molar-refractivity contribution in [3.8, 4) is 0 Å². The number of benzene rings is 1. The molecule has 4 amide bonds. The Morgan fingerprint density at radius 3 is 2.49 bits per heavy atom. The van der Waals surface area contributed by atoms with E-state index in [2.05, 4.69) is 4.98 Å². The van der Waals surface area contributed by atoms with Crippen LogP contribution in [0.1, 0.15) is 56.8 Å². The van der Waals surface area contributed by atoms with Crippen LogP contribution >= 0.6 is 11.6 Å². The van der Waals surface area contributed by atoms with Gasteiger partial charge in [-0.3, -0.25) is 29.5 Å². The molecule has 2 aliphatic rings. The number of carbonyl (C=O) groups excluding carboxylic acids is 4. The second-order valence-corrected chi connectivity index (χ2v) is 8.32. The molecule has 0 saturated carbocycles. The lowest BCUT2D eigenvalue weighted by molar-refractivity contribution is -0.168. The van der Waals surface area contributed by atoms with Crippen LogP contribution in [0.4, 0.5) is 22.0 Å². The minimum atomic E-state index is -5.25. The highest BCUT2D eigenvalue weighted by Crippen LogP contribution is 2.53. The Labute approximate surface area is 198 Å². The third-order valence-corrected chi connectivity index (χ3v) is 6.15. The highest BCUT2D eigenvalue weighted by molar-refractivity contribution is 6.31. The van der Waals surface area contributed by atoms with Crippen molar-refractivity contribution in [3.05, 3.63) is 63.4 Å². The highest BCUT2D eigenvalue weighted by Gasteiger charge is 2.58. The minimum Gasteiger partial charge on any atom is -0.366 e. The van der Waals surface area contributed by atoms with E-state index >= 15 is 4.39 Å². The summed E-state index contributed by atoms with van der Waals surface area (Å²) in [7, 11) is 0. The van der Waals surface area contributed by atoms with E-state index in [0.29, 0.717) is 17.2 Å². The number of pyridine rings is 1. The first-order valence-corrected chi connectivity index (χ1v) is 10.4. The second kappa shape index (κ2) is 8.56. The lowest BCUT2D eigenvalue weighted by atomic mass is 9.86. The van der Waals surface area contributed by atoms with E-state index in [4.69, 9.17) is 17.3 Å². The number of piperidine rings is 1. The van der Waals surface area contributed by atoms with Crippen LogP contribution in [0, 0.1) is 11.6 Å². The molecule has 8 nitrogen and oxygen atoms in total. The smallest absolute Gasteiger partial charge is 0.366 e. The van der Waals surface area contributed by atoms with Crippen molar-refractivity contribution in [3.63, 3.8) is 0 Å². The summed E-state index contributed by atoms with van der Waals surface area (Å²) in [6, 6.07) is -1.56. The third kappa shape index (κ3) is 4.09. The largest absolute Gasteiger partial charge is 0.399 e.